The van der Waals surface area contributed by atoms with Crippen LogP contribution in [0.15, 0.2) is 53.5 Å². The average Bonchev–Trinajstić information content (AvgIpc) is 2.67. The summed E-state index contributed by atoms with van der Waals surface area (Å²) in [6, 6.07) is 11.8. The summed E-state index contributed by atoms with van der Waals surface area (Å²) in [5.41, 5.74) is 2.33. The number of benzene rings is 1. The molecule has 1 N–H and O–H groups in total. The number of aromatic nitrogens is 3. The molecule has 26 heavy (non-hydrogen) atoms. The fourth-order valence-electron chi connectivity index (χ4n) is 2.72. The van der Waals surface area contributed by atoms with Crippen LogP contribution in [0.2, 0.25) is 0 Å². The quantitative estimate of drug-likeness (QED) is 0.760. The number of aromatic amines is 1. The van der Waals surface area contributed by atoms with Gasteiger partial charge in [-0.15, -0.1) is 0 Å². The van der Waals surface area contributed by atoms with Crippen molar-refractivity contribution in [2.45, 2.75) is 26.3 Å². The topological polar surface area (TPSA) is 61.9 Å². The van der Waals surface area contributed by atoms with Gasteiger partial charge in [0.15, 0.2) is 0 Å². The van der Waals surface area contributed by atoms with E-state index in [1.165, 1.54) is 18.2 Å². The third-order valence-electron chi connectivity index (χ3n) is 4.47. The minimum Gasteiger partial charge on any atom is -0.353 e. The summed E-state index contributed by atoms with van der Waals surface area (Å²) >= 11 is 0. The first-order valence-corrected chi connectivity index (χ1v) is 8.53. The van der Waals surface area contributed by atoms with Gasteiger partial charge in [0.05, 0.1) is 6.04 Å². The van der Waals surface area contributed by atoms with E-state index < -0.39 is 0 Å². The van der Waals surface area contributed by atoms with Crippen molar-refractivity contribution in [3.63, 3.8) is 0 Å². The first kappa shape index (κ1) is 17.8. The van der Waals surface area contributed by atoms with Crippen LogP contribution in [-0.2, 0) is 6.42 Å². The Morgan fingerprint density at radius 3 is 2.54 bits per heavy atom. The number of hydrogen-bond acceptors (Lipinski definition) is 4. The van der Waals surface area contributed by atoms with E-state index in [0.29, 0.717) is 12.2 Å². The van der Waals surface area contributed by atoms with E-state index in [1.807, 2.05) is 37.9 Å². The summed E-state index contributed by atoms with van der Waals surface area (Å²) in [4.78, 5) is 25.4. The van der Waals surface area contributed by atoms with Crippen molar-refractivity contribution in [2.24, 2.45) is 0 Å². The third kappa shape index (κ3) is 3.79. The Balaban J connectivity index is 1.84. The van der Waals surface area contributed by atoms with Gasteiger partial charge in [0.1, 0.15) is 17.5 Å². The summed E-state index contributed by atoms with van der Waals surface area (Å²) in [5.74, 6) is 1.05. The van der Waals surface area contributed by atoms with E-state index in [4.69, 9.17) is 0 Å². The van der Waals surface area contributed by atoms with Gasteiger partial charge in [-0.25, -0.2) is 14.4 Å². The Morgan fingerprint density at radius 1 is 1.19 bits per heavy atom. The lowest BCUT2D eigenvalue weighted by atomic mass is 10.1. The van der Waals surface area contributed by atoms with Crippen LogP contribution >= 0.6 is 0 Å². The Labute approximate surface area is 151 Å². The van der Waals surface area contributed by atoms with Gasteiger partial charge in [-0.1, -0.05) is 19.1 Å². The number of nitrogens with zero attached hydrogens (tertiary/aromatic N) is 3. The first-order valence-electron chi connectivity index (χ1n) is 8.53. The summed E-state index contributed by atoms with van der Waals surface area (Å²) in [6.45, 7) is 3.99. The molecule has 0 spiro atoms. The van der Waals surface area contributed by atoms with Crippen molar-refractivity contribution in [2.75, 3.05) is 11.9 Å². The van der Waals surface area contributed by atoms with E-state index >= 15 is 0 Å². The molecular weight excluding hydrogens is 331 g/mol. The predicted molar refractivity (Wildman–Crippen MR) is 101 cm³/mol. The van der Waals surface area contributed by atoms with Crippen LogP contribution < -0.4 is 10.5 Å². The smallest absolute Gasteiger partial charge is 0.251 e. The molecular formula is C20H21FN4O. The highest BCUT2D eigenvalue weighted by atomic mass is 19.1. The van der Waals surface area contributed by atoms with Gasteiger partial charge in [-0.3, -0.25) is 4.79 Å². The fraction of sp³-hybridized carbons (Fsp3) is 0.250. The van der Waals surface area contributed by atoms with Gasteiger partial charge in [0.25, 0.3) is 5.56 Å². The van der Waals surface area contributed by atoms with Crippen LogP contribution in [0.4, 0.5) is 10.2 Å². The number of H-pyrrole nitrogens is 1. The van der Waals surface area contributed by atoms with E-state index in [2.05, 4.69) is 15.0 Å². The molecule has 5 nitrogen and oxygen atoms in total. The molecule has 0 bridgehead atoms. The second-order valence-corrected chi connectivity index (χ2v) is 6.18. The molecule has 0 fully saturated rings. The maximum Gasteiger partial charge on any atom is 0.251 e. The number of aryl methyl sites for hydroxylation is 1. The highest BCUT2D eigenvalue weighted by Crippen LogP contribution is 2.25. The fourth-order valence-corrected chi connectivity index (χ4v) is 2.72. The molecule has 0 radical (unpaired) electrons. The lowest BCUT2D eigenvalue weighted by Gasteiger charge is -2.26. The molecule has 0 aliphatic heterocycles. The van der Waals surface area contributed by atoms with Crippen molar-refractivity contribution in [1.29, 1.82) is 0 Å². The molecule has 0 aliphatic rings. The zero-order valence-electron chi connectivity index (χ0n) is 15.0. The molecule has 2 heterocycles. The van der Waals surface area contributed by atoms with Gasteiger partial charge in [-0.05, 0) is 43.2 Å². The summed E-state index contributed by atoms with van der Waals surface area (Å²) < 4.78 is 13.1. The number of pyridine rings is 1. The molecule has 0 aliphatic carbocycles. The number of anilines is 1. The summed E-state index contributed by atoms with van der Waals surface area (Å²) in [5, 5.41) is 0. The van der Waals surface area contributed by atoms with Crippen molar-refractivity contribution in [1.82, 2.24) is 15.0 Å². The van der Waals surface area contributed by atoms with Crippen LogP contribution in [-0.4, -0.2) is 22.0 Å². The Kier molecular flexibility index (Phi) is 5.11. The number of halogens is 1. The van der Waals surface area contributed by atoms with E-state index in [-0.39, 0.29) is 17.4 Å². The summed E-state index contributed by atoms with van der Waals surface area (Å²) in [7, 11) is 1.94. The molecule has 1 unspecified atom stereocenters. The van der Waals surface area contributed by atoms with Crippen molar-refractivity contribution in [3.05, 3.63) is 76.1 Å². The van der Waals surface area contributed by atoms with E-state index in [9.17, 15) is 9.18 Å². The Morgan fingerprint density at radius 2 is 1.92 bits per heavy atom. The molecule has 0 saturated carbocycles. The van der Waals surface area contributed by atoms with Gasteiger partial charge < -0.3 is 9.88 Å². The lowest BCUT2D eigenvalue weighted by molar-refractivity contribution is 0.625. The van der Waals surface area contributed by atoms with Crippen molar-refractivity contribution >= 4 is 5.82 Å². The zero-order chi connectivity index (χ0) is 18.7. The largest absolute Gasteiger partial charge is 0.353 e. The SMILES string of the molecule is CCc1cc(=O)[nH]c(-c2ccc(N(C)C(C)c3ccc(F)cc3)nc2)n1. The van der Waals surface area contributed by atoms with Crippen LogP contribution in [0.3, 0.4) is 0 Å². The molecule has 6 heteroatoms. The molecule has 3 aromatic rings. The molecule has 0 saturated heterocycles. The standard InChI is InChI=1S/C20H21FN4O/c1-4-17-11-19(26)24-20(23-17)15-7-10-18(22-12-15)25(3)13(2)14-5-8-16(21)9-6-14/h5-13H,4H2,1-3H3,(H,23,24,26). The Bertz CT molecular complexity index is 935. The Hall–Kier alpha value is -3.02. The van der Waals surface area contributed by atoms with Crippen LogP contribution in [0.1, 0.15) is 31.1 Å². The minimum atomic E-state index is -0.248. The maximum atomic E-state index is 13.1. The monoisotopic (exact) mass is 352 g/mol. The number of rotatable bonds is 5. The van der Waals surface area contributed by atoms with Crippen LogP contribution in [0, 0.1) is 5.82 Å². The molecule has 1 atom stereocenters. The number of nitrogens with one attached hydrogen (secondary N) is 1. The van der Waals surface area contributed by atoms with Gasteiger partial charge in [0, 0.05) is 30.6 Å². The van der Waals surface area contributed by atoms with E-state index in [0.717, 1.165) is 22.6 Å². The van der Waals surface area contributed by atoms with E-state index in [1.54, 1.807) is 18.3 Å². The molecule has 3 rings (SSSR count). The maximum absolute atomic E-state index is 13.1. The highest BCUT2D eigenvalue weighted by Gasteiger charge is 2.14. The minimum absolute atomic E-state index is 0.0373. The van der Waals surface area contributed by atoms with Crippen molar-refractivity contribution in [3.8, 4) is 11.4 Å². The van der Waals surface area contributed by atoms with Crippen LogP contribution in [0.5, 0.6) is 0 Å². The zero-order valence-corrected chi connectivity index (χ0v) is 15.0. The number of hydrogen-bond donors (Lipinski definition) is 1. The third-order valence-corrected chi connectivity index (χ3v) is 4.47. The molecule has 2 aromatic heterocycles. The second-order valence-electron chi connectivity index (χ2n) is 6.18. The van der Waals surface area contributed by atoms with Crippen molar-refractivity contribution < 1.29 is 4.39 Å². The summed E-state index contributed by atoms with van der Waals surface area (Å²) in [6.07, 6.45) is 2.39. The van der Waals surface area contributed by atoms with Gasteiger partial charge in [0.2, 0.25) is 0 Å². The molecule has 134 valence electrons. The second kappa shape index (κ2) is 7.47. The predicted octanol–water partition coefficient (Wildman–Crippen LogP) is 3.73. The lowest BCUT2D eigenvalue weighted by Crippen LogP contribution is -2.22. The van der Waals surface area contributed by atoms with Gasteiger partial charge >= 0.3 is 0 Å². The molecule has 0 amide bonds. The highest BCUT2D eigenvalue weighted by molar-refractivity contribution is 5.56. The first-order chi connectivity index (χ1) is 12.5. The molecule has 1 aromatic carbocycles. The average molecular weight is 352 g/mol. The normalized spacial score (nSPS) is 12.0. The van der Waals surface area contributed by atoms with Gasteiger partial charge in [-0.2, -0.15) is 0 Å². The van der Waals surface area contributed by atoms with Crippen LogP contribution in [0.25, 0.3) is 11.4 Å².